The molecule has 0 fully saturated rings. The van der Waals surface area contributed by atoms with Gasteiger partial charge in [-0.1, -0.05) is 18.2 Å². The summed E-state index contributed by atoms with van der Waals surface area (Å²) in [5.41, 5.74) is 5.88. The van der Waals surface area contributed by atoms with Crippen molar-refractivity contribution in [1.82, 2.24) is 14.1 Å². The zero-order valence-corrected chi connectivity index (χ0v) is 20.2. The Hall–Kier alpha value is -2.80. The van der Waals surface area contributed by atoms with Gasteiger partial charge >= 0.3 is 0 Å². The first-order chi connectivity index (χ1) is 15.1. The van der Waals surface area contributed by atoms with Crippen LogP contribution in [0.3, 0.4) is 0 Å². The average Bonchev–Trinajstić information content (AvgIpc) is 3.32. The van der Waals surface area contributed by atoms with Crippen LogP contribution >= 0.6 is 0 Å². The van der Waals surface area contributed by atoms with E-state index in [1.165, 1.54) is 0 Å². The molecule has 1 N–H and O–H groups in total. The largest absolute Gasteiger partial charge is 0.612 e. The Morgan fingerprint density at radius 1 is 1.00 bits per heavy atom. The summed E-state index contributed by atoms with van der Waals surface area (Å²) in [6.45, 7) is 7.64. The molecular weight excluding hydrogens is 418 g/mol. The second-order valence-corrected chi connectivity index (χ2v) is 10.2. The molecule has 0 aliphatic heterocycles. The van der Waals surface area contributed by atoms with Crippen LogP contribution in [0.2, 0.25) is 0 Å². The van der Waals surface area contributed by atoms with Gasteiger partial charge in [-0.2, -0.15) is 0 Å². The van der Waals surface area contributed by atoms with E-state index in [0.717, 1.165) is 44.5 Å². The smallest absolute Gasteiger partial charge is 0.161 e. The second kappa shape index (κ2) is 8.28. The Labute approximate surface area is 192 Å². The van der Waals surface area contributed by atoms with Gasteiger partial charge in [-0.15, -0.1) is 0 Å². The molecule has 0 aliphatic carbocycles. The summed E-state index contributed by atoms with van der Waals surface area (Å²) in [7, 11) is 2.02. The van der Waals surface area contributed by atoms with E-state index in [9.17, 15) is 9.66 Å². The molecule has 6 heteroatoms. The Bertz CT molecular complexity index is 1280. The van der Waals surface area contributed by atoms with Gasteiger partial charge in [-0.05, 0) is 85.9 Å². The van der Waals surface area contributed by atoms with Crippen LogP contribution < -0.4 is 0 Å². The number of nitrogens with zero attached hydrogens (tertiary/aromatic N) is 3. The highest BCUT2D eigenvalue weighted by atomic mass is 32.2. The number of hydrogen-bond acceptors (Lipinski definition) is 3. The van der Waals surface area contributed by atoms with Crippen molar-refractivity contribution >= 4 is 11.2 Å². The van der Waals surface area contributed by atoms with E-state index in [1.807, 2.05) is 37.5 Å². The van der Waals surface area contributed by atoms with Crippen molar-refractivity contribution in [1.29, 1.82) is 0 Å². The third-order valence-electron chi connectivity index (χ3n) is 5.89. The molecule has 166 valence electrons. The van der Waals surface area contributed by atoms with Gasteiger partial charge in [-0.3, -0.25) is 4.57 Å². The van der Waals surface area contributed by atoms with Crippen LogP contribution in [0.25, 0.3) is 28.3 Å². The Morgan fingerprint density at radius 3 is 2.31 bits per heavy atom. The maximum atomic E-state index is 11.9. The molecule has 4 rings (SSSR count). The summed E-state index contributed by atoms with van der Waals surface area (Å²) in [4.78, 5) is 5.63. The summed E-state index contributed by atoms with van der Waals surface area (Å²) in [6.07, 6.45) is 3.61. The summed E-state index contributed by atoms with van der Waals surface area (Å²) < 4.78 is 16.1. The molecule has 0 radical (unpaired) electrons. The van der Waals surface area contributed by atoms with E-state index in [0.29, 0.717) is 5.69 Å². The fourth-order valence-corrected chi connectivity index (χ4v) is 4.40. The highest BCUT2D eigenvalue weighted by Crippen LogP contribution is 2.32. The van der Waals surface area contributed by atoms with Crippen LogP contribution in [-0.2, 0) is 23.8 Å². The maximum Gasteiger partial charge on any atom is 0.161 e. The molecule has 0 spiro atoms. The molecule has 2 aromatic carbocycles. The van der Waals surface area contributed by atoms with Crippen LogP contribution in [0.5, 0.6) is 0 Å². The van der Waals surface area contributed by atoms with Crippen molar-refractivity contribution in [3.63, 3.8) is 0 Å². The standard InChI is InChI=1S/C26H29N3O2S/c1-17-14-20(19-8-7-9-21(15-19)32(6)31)11-13-22(17)29-16-24(26(3,4)30)27-25(29)23-12-10-18(2)28(23)5/h7-16,30H,1-6H3/t32-/m0/s1. The van der Waals surface area contributed by atoms with E-state index < -0.39 is 16.8 Å². The number of aliphatic hydroxyl groups is 1. The summed E-state index contributed by atoms with van der Waals surface area (Å²) in [6, 6.07) is 18.3. The predicted molar refractivity (Wildman–Crippen MR) is 130 cm³/mol. The van der Waals surface area contributed by atoms with Gasteiger partial charge < -0.3 is 14.2 Å². The number of hydrogen-bond donors (Lipinski definition) is 1. The first-order valence-corrected chi connectivity index (χ1v) is 12.1. The van der Waals surface area contributed by atoms with Gasteiger partial charge in [0.2, 0.25) is 0 Å². The van der Waals surface area contributed by atoms with Crippen molar-refractivity contribution in [2.24, 2.45) is 7.05 Å². The van der Waals surface area contributed by atoms with E-state index in [2.05, 4.69) is 53.3 Å². The number of benzene rings is 2. The van der Waals surface area contributed by atoms with E-state index >= 15 is 0 Å². The third-order valence-corrected chi connectivity index (χ3v) is 6.81. The highest BCUT2D eigenvalue weighted by molar-refractivity contribution is 7.90. The molecule has 0 saturated heterocycles. The van der Waals surface area contributed by atoms with Gasteiger partial charge in [0.15, 0.2) is 10.7 Å². The van der Waals surface area contributed by atoms with Crippen LogP contribution in [0.1, 0.15) is 30.8 Å². The van der Waals surface area contributed by atoms with E-state index in [4.69, 9.17) is 4.98 Å². The summed E-state index contributed by atoms with van der Waals surface area (Å²) >= 11 is -1.02. The number of rotatable bonds is 5. The summed E-state index contributed by atoms with van der Waals surface area (Å²) in [5.74, 6) is 0.789. The quantitative estimate of drug-likeness (QED) is 0.432. The van der Waals surface area contributed by atoms with E-state index in [1.54, 1.807) is 20.1 Å². The predicted octanol–water partition coefficient (Wildman–Crippen LogP) is 5.13. The lowest BCUT2D eigenvalue weighted by Gasteiger charge is -2.14. The van der Waals surface area contributed by atoms with Crippen molar-refractivity contribution in [2.45, 2.75) is 38.2 Å². The average molecular weight is 448 g/mol. The first kappa shape index (κ1) is 22.4. The lowest BCUT2D eigenvalue weighted by Crippen LogP contribution is -2.15. The molecule has 2 aromatic heterocycles. The van der Waals surface area contributed by atoms with E-state index in [-0.39, 0.29) is 0 Å². The highest BCUT2D eigenvalue weighted by Gasteiger charge is 2.24. The Balaban J connectivity index is 1.84. The Morgan fingerprint density at radius 2 is 1.72 bits per heavy atom. The molecule has 4 aromatic rings. The molecule has 0 aliphatic rings. The van der Waals surface area contributed by atoms with Crippen molar-refractivity contribution in [3.05, 3.63) is 77.7 Å². The normalized spacial score (nSPS) is 12.9. The number of aryl methyl sites for hydroxylation is 2. The number of aromatic nitrogens is 3. The maximum absolute atomic E-state index is 11.9. The fourth-order valence-electron chi connectivity index (χ4n) is 3.84. The first-order valence-electron chi connectivity index (χ1n) is 10.6. The van der Waals surface area contributed by atoms with Crippen LogP contribution in [0.4, 0.5) is 0 Å². The molecule has 2 heterocycles. The van der Waals surface area contributed by atoms with Gasteiger partial charge in [0.25, 0.3) is 0 Å². The molecule has 0 saturated carbocycles. The van der Waals surface area contributed by atoms with Crippen molar-refractivity contribution in [3.8, 4) is 28.3 Å². The second-order valence-electron chi connectivity index (χ2n) is 8.78. The lowest BCUT2D eigenvalue weighted by molar-refractivity contribution is 0.0743. The van der Waals surface area contributed by atoms with Crippen LogP contribution in [0.15, 0.2) is 65.7 Å². The van der Waals surface area contributed by atoms with Crippen molar-refractivity contribution < 1.29 is 9.66 Å². The van der Waals surface area contributed by atoms with Crippen LogP contribution in [0, 0.1) is 13.8 Å². The van der Waals surface area contributed by atoms with Crippen molar-refractivity contribution in [2.75, 3.05) is 6.26 Å². The molecular formula is C26H29N3O2S. The summed E-state index contributed by atoms with van der Waals surface area (Å²) in [5, 5.41) is 10.6. The molecule has 1 atom stereocenters. The molecule has 0 bridgehead atoms. The minimum absolute atomic E-state index is 0.618. The molecule has 0 unspecified atom stereocenters. The topological polar surface area (TPSA) is 66.0 Å². The monoisotopic (exact) mass is 447 g/mol. The zero-order valence-electron chi connectivity index (χ0n) is 19.4. The number of imidazole rings is 1. The van der Waals surface area contributed by atoms with Gasteiger partial charge in [0, 0.05) is 25.0 Å². The minimum atomic E-state index is -1.05. The molecule has 0 amide bonds. The van der Waals surface area contributed by atoms with Gasteiger partial charge in [-0.25, -0.2) is 4.98 Å². The third kappa shape index (κ3) is 4.13. The zero-order chi connectivity index (χ0) is 23.2. The fraction of sp³-hybridized carbons (Fsp3) is 0.269. The van der Waals surface area contributed by atoms with Gasteiger partial charge in [0.05, 0.1) is 17.1 Å². The SMILES string of the molecule is Cc1cc(-c2cccc([S@+](C)[O-])c2)ccc1-n1cc(C(C)(C)O)nc1-c1ccc(C)n1C. The van der Waals surface area contributed by atoms with Crippen LogP contribution in [-0.4, -0.2) is 30.0 Å². The molecule has 5 nitrogen and oxygen atoms in total. The lowest BCUT2D eigenvalue weighted by atomic mass is 10.0. The molecule has 32 heavy (non-hydrogen) atoms. The Kier molecular flexibility index (Phi) is 5.79. The minimum Gasteiger partial charge on any atom is -0.612 e. The van der Waals surface area contributed by atoms with Gasteiger partial charge in [0.1, 0.15) is 11.9 Å².